The van der Waals surface area contributed by atoms with Crippen molar-refractivity contribution in [1.29, 1.82) is 0 Å². The molecule has 0 spiro atoms. The molecule has 104 valence electrons. The molecule has 20 heavy (non-hydrogen) atoms. The van der Waals surface area contributed by atoms with Crippen molar-refractivity contribution >= 4 is 5.97 Å². The molecule has 0 fully saturated rings. The van der Waals surface area contributed by atoms with Crippen LogP contribution in [0.3, 0.4) is 0 Å². The molecule has 0 bridgehead atoms. The molecule has 4 nitrogen and oxygen atoms in total. The smallest absolute Gasteiger partial charge is 0.335 e. The highest BCUT2D eigenvalue weighted by Gasteiger charge is 2.14. The predicted molar refractivity (Wildman–Crippen MR) is 75.8 cm³/mol. The van der Waals surface area contributed by atoms with Crippen molar-refractivity contribution in [2.45, 2.75) is 6.42 Å². The van der Waals surface area contributed by atoms with E-state index in [2.05, 4.69) is 0 Å². The number of para-hydroxylation sites is 1. The number of aromatic carboxylic acids is 1. The summed E-state index contributed by atoms with van der Waals surface area (Å²) in [4.78, 5) is 11.2. The van der Waals surface area contributed by atoms with Crippen LogP contribution >= 0.6 is 0 Å². The molecular weight excluding hydrogens is 256 g/mol. The fourth-order valence-electron chi connectivity index (χ4n) is 2.18. The number of hydrogen-bond acceptors (Lipinski definition) is 3. The lowest BCUT2D eigenvalue weighted by atomic mass is 9.99. The first-order valence-corrected chi connectivity index (χ1v) is 6.18. The van der Waals surface area contributed by atoms with E-state index in [1.54, 1.807) is 26.4 Å². The van der Waals surface area contributed by atoms with Crippen molar-refractivity contribution < 1.29 is 19.4 Å². The molecule has 0 aliphatic rings. The second kappa shape index (κ2) is 6.10. The molecule has 0 atom stereocenters. The number of hydrogen-bond donors (Lipinski definition) is 1. The Kier molecular flexibility index (Phi) is 4.25. The molecular formula is C16H16O4. The fraction of sp³-hybridized carbons (Fsp3) is 0.188. The molecule has 0 aliphatic carbocycles. The molecule has 2 rings (SSSR count). The zero-order valence-corrected chi connectivity index (χ0v) is 11.4. The fourth-order valence-corrected chi connectivity index (χ4v) is 2.18. The minimum absolute atomic E-state index is 0.303. The Bertz CT molecular complexity index is 620. The van der Waals surface area contributed by atoms with Gasteiger partial charge in [-0.15, -0.1) is 0 Å². The van der Waals surface area contributed by atoms with Crippen LogP contribution in [0.5, 0.6) is 11.5 Å². The van der Waals surface area contributed by atoms with E-state index in [1.807, 2.05) is 30.3 Å². The molecule has 0 aromatic heterocycles. The Balaban J connectivity index is 2.43. The summed E-state index contributed by atoms with van der Waals surface area (Å²) in [5.41, 5.74) is 1.93. The van der Waals surface area contributed by atoms with Gasteiger partial charge in [-0.05, 0) is 17.7 Å². The first-order chi connectivity index (χ1) is 9.67. The zero-order valence-electron chi connectivity index (χ0n) is 11.4. The molecule has 0 saturated carbocycles. The SMILES string of the molecule is COc1cccc(Cc2ccccc2C(=O)O)c1OC. The van der Waals surface area contributed by atoms with Gasteiger partial charge in [-0.25, -0.2) is 4.79 Å². The third-order valence-corrected chi connectivity index (χ3v) is 3.11. The zero-order chi connectivity index (χ0) is 14.5. The molecule has 2 aromatic carbocycles. The highest BCUT2D eigenvalue weighted by Crippen LogP contribution is 2.32. The molecule has 2 aromatic rings. The van der Waals surface area contributed by atoms with Crippen molar-refractivity contribution in [2.24, 2.45) is 0 Å². The van der Waals surface area contributed by atoms with Crippen LogP contribution in [-0.4, -0.2) is 25.3 Å². The second-order valence-electron chi connectivity index (χ2n) is 4.29. The third kappa shape index (κ3) is 2.74. The normalized spacial score (nSPS) is 10.1. The number of methoxy groups -OCH3 is 2. The first-order valence-electron chi connectivity index (χ1n) is 6.18. The van der Waals surface area contributed by atoms with Crippen LogP contribution in [0.4, 0.5) is 0 Å². The standard InChI is InChI=1S/C16H16O4/c1-19-14-9-5-7-12(15(14)20-2)10-11-6-3-4-8-13(11)16(17)18/h3-9H,10H2,1-2H3,(H,17,18). The van der Waals surface area contributed by atoms with Crippen LogP contribution in [0, 0.1) is 0 Å². The molecule has 0 radical (unpaired) electrons. The Hall–Kier alpha value is -2.49. The molecule has 0 amide bonds. The topological polar surface area (TPSA) is 55.8 Å². The number of ether oxygens (including phenoxy) is 2. The average molecular weight is 272 g/mol. The molecule has 0 saturated heterocycles. The number of carbonyl (C=O) groups is 1. The van der Waals surface area contributed by atoms with Crippen LogP contribution in [-0.2, 0) is 6.42 Å². The maximum atomic E-state index is 11.2. The number of carboxylic acids is 1. The summed E-state index contributed by atoms with van der Waals surface area (Å²) in [5, 5.41) is 9.21. The van der Waals surface area contributed by atoms with E-state index in [9.17, 15) is 9.90 Å². The van der Waals surface area contributed by atoms with Gasteiger partial charge in [0.2, 0.25) is 0 Å². The third-order valence-electron chi connectivity index (χ3n) is 3.11. The highest BCUT2D eigenvalue weighted by atomic mass is 16.5. The number of benzene rings is 2. The number of carboxylic acid groups (broad SMARTS) is 1. The second-order valence-corrected chi connectivity index (χ2v) is 4.29. The van der Waals surface area contributed by atoms with Crippen LogP contribution in [0.2, 0.25) is 0 Å². The van der Waals surface area contributed by atoms with Gasteiger partial charge in [0, 0.05) is 12.0 Å². The summed E-state index contributed by atoms with van der Waals surface area (Å²) in [6, 6.07) is 12.5. The minimum atomic E-state index is -0.928. The molecule has 4 heteroatoms. The lowest BCUT2D eigenvalue weighted by molar-refractivity contribution is 0.0696. The van der Waals surface area contributed by atoms with E-state index < -0.39 is 5.97 Å². The number of rotatable bonds is 5. The first kappa shape index (κ1) is 13.9. The van der Waals surface area contributed by atoms with Crippen molar-refractivity contribution in [3.8, 4) is 11.5 Å². The Morgan fingerprint density at radius 2 is 1.70 bits per heavy atom. The quantitative estimate of drug-likeness (QED) is 0.909. The largest absolute Gasteiger partial charge is 0.493 e. The summed E-state index contributed by atoms with van der Waals surface area (Å²) in [6.07, 6.45) is 0.475. The Labute approximate surface area is 117 Å². The Morgan fingerprint density at radius 1 is 1.00 bits per heavy atom. The van der Waals surface area contributed by atoms with E-state index >= 15 is 0 Å². The van der Waals surface area contributed by atoms with Gasteiger partial charge in [-0.3, -0.25) is 0 Å². The van der Waals surface area contributed by atoms with Gasteiger partial charge in [0.15, 0.2) is 11.5 Å². The van der Waals surface area contributed by atoms with Gasteiger partial charge < -0.3 is 14.6 Å². The summed E-state index contributed by atoms with van der Waals surface area (Å²) in [6.45, 7) is 0. The molecule has 0 heterocycles. The predicted octanol–water partition coefficient (Wildman–Crippen LogP) is 2.99. The van der Waals surface area contributed by atoms with Crippen LogP contribution in [0.1, 0.15) is 21.5 Å². The van der Waals surface area contributed by atoms with Gasteiger partial charge in [0.1, 0.15) is 0 Å². The summed E-state index contributed by atoms with van der Waals surface area (Å²) in [7, 11) is 3.15. The van der Waals surface area contributed by atoms with Gasteiger partial charge in [-0.2, -0.15) is 0 Å². The monoisotopic (exact) mass is 272 g/mol. The maximum absolute atomic E-state index is 11.2. The van der Waals surface area contributed by atoms with Gasteiger partial charge >= 0.3 is 5.97 Å². The van der Waals surface area contributed by atoms with Crippen molar-refractivity contribution in [3.63, 3.8) is 0 Å². The summed E-state index contributed by atoms with van der Waals surface area (Å²) < 4.78 is 10.6. The van der Waals surface area contributed by atoms with Crippen LogP contribution < -0.4 is 9.47 Å². The van der Waals surface area contributed by atoms with E-state index in [0.717, 1.165) is 11.1 Å². The van der Waals surface area contributed by atoms with E-state index in [1.165, 1.54) is 0 Å². The van der Waals surface area contributed by atoms with E-state index in [0.29, 0.717) is 23.5 Å². The average Bonchev–Trinajstić information content (AvgIpc) is 2.47. The van der Waals surface area contributed by atoms with Gasteiger partial charge in [0.05, 0.1) is 19.8 Å². The highest BCUT2D eigenvalue weighted by molar-refractivity contribution is 5.89. The lowest BCUT2D eigenvalue weighted by Crippen LogP contribution is -2.04. The van der Waals surface area contributed by atoms with Crippen molar-refractivity contribution in [1.82, 2.24) is 0 Å². The summed E-state index contributed by atoms with van der Waals surface area (Å²) in [5.74, 6) is 0.343. The maximum Gasteiger partial charge on any atom is 0.335 e. The molecule has 0 unspecified atom stereocenters. The Morgan fingerprint density at radius 3 is 2.35 bits per heavy atom. The minimum Gasteiger partial charge on any atom is -0.493 e. The molecule has 0 aliphatic heterocycles. The van der Waals surface area contributed by atoms with Crippen LogP contribution in [0.15, 0.2) is 42.5 Å². The van der Waals surface area contributed by atoms with Gasteiger partial charge in [0.25, 0.3) is 0 Å². The van der Waals surface area contributed by atoms with Gasteiger partial charge in [-0.1, -0.05) is 30.3 Å². The lowest BCUT2D eigenvalue weighted by Gasteiger charge is -2.13. The van der Waals surface area contributed by atoms with Crippen molar-refractivity contribution in [2.75, 3.05) is 14.2 Å². The van der Waals surface area contributed by atoms with Crippen molar-refractivity contribution in [3.05, 3.63) is 59.2 Å². The molecule has 1 N–H and O–H groups in total. The summed E-state index contributed by atoms with van der Waals surface area (Å²) >= 11 is 0. The van der Waals surface area contributed by atoms with E-state index in [4.69, 9.17) is 9.47 Å². The van der Waals surface area contributed by atoms with E-state index in [-0.39, 0.29) is 0 Å². The van der Waals surface area contributed by atoms with Crippen LogP contribution in [0.25, 0.3) is 0 Å².